The first-order valence-electron chi connectivity index (χ1n) is 5.50. The van der Waals surface area contributed by atoms with Crippen LogP contribution < -0.4 is 5.73 Å². The highest BCUT2D eigenvalue weighted by Gasteiger charge is 2.38. The lowest BCUT2D eigenvalue weighted by molar-refractivity contribution is 0.584. The maximum Gasteiger partial charge on any atom is 0.127 e. The van der Waals surface area contributed by atoms with Gasteiger partial charge in [0.2, 0.25) is 0 Å². The van der Waals surface area contributed by atoms with Crippen LogP contribution in [0.3, 0.4) is 0 Å². The van der Waals surface area contributed by atoms with Crippen LogP contribution in [-0.2, 0) is 0 Å². The molecule has 0 unspecified atom stereocenters. The summed E-state index contributed by atoms with van der Waals surface area (Å²) in [4.78, 5) is 0. The second-order valence-electron chi connectivity index (χ2n) is 4.11. The molecule has 0 saturated carbocycles. The number of nitrogens with zero attached hydrogens (tertiary/aromatic N) is 2. The number of thioether (sulfide) groups is 1. The van der Waals surface area contributed by atoms with E-state index in [1.807, 2.05) is 12.1 Å². The number of nitrogens with two attached hydrogens (primary N) is 1. The van der Waals surface area contributed by atoms with Crippen molar-refractivity contribution in [3.8, 4) is 12.1 Å². The topological polar surface area (TPSA) is 97.4 Å². The number of hydrogen-bond acceptors (Lipinski definition) is 5. The summed E-state index contributed by atoms with van der Waals surface area (Å²) in [5.74, 6) is -2.29. The van der Waals surface area contributed by atoms with Crippen molar-refractivity contribution in [1.29, 1.82) is 15.9 Å². The van der Waals surface area contributed by atoms with Crippen molar-refractivity contribution in [2.45, 2.75) is 5.92 Å². The van der Waals surface area contributed by atoms with Crippen LogP contribution in [-0.4, -0.2) is 5.04 Å². The first-order chi connectivity index (χ1) is 9.49. The van der Waals surface area contributed by atoms with Crippen molar-refractivity contribution < 1.29 is 4.39 Å². The zero-order valence-corrected chi connectivity index (χ0v) is 12.4. The molecule has 1 aliphatic heterocycles. The number of allylic oxidation sites excluding steroid dienone is 1. The summed E-state index contributed by atoms with van der Waals surface area (Å²) in [5.41, 5.74) is 6.07. The minimum atomic E-state index is -0.911. The van der Waals surface area contributed by atoms with Gasteiger partial charge < -0.3 is 5.73 Å². The molecule has 0 aliphatic carbocycles. The van der Waals surface area contributed by atoms with E-state index in [4.69, 9.17) is 11.1 Å². The maximum atomic E-state index is 14.0. The first kappa shape index (κ1) is 14.6. The average Bonchev–Trinajstić information content (AvgIpc) is 2.41. The molecule has 100 valence electrons. The third-order valence-electron chi connectivity index (χ3n) is 2.96. The molecule has 2 rings (SSSR count). The fourth-order valence-corrected chi connectivity index (χ4v) is 3.27. The molecule has 1 aromatic carbocycles. The van der Waals surface area contributed by atoms with Gasteiger partial charge in [0.1, 0.15) is 11.7 Å². The zero-order valence-electron chi connectivity index (χ0n) is 10.0. The van der Waals surface area contributed by atoms with Gasteiger partial charge in [-0.2, -0.15) is 10.5 Å². The van der Waals surface area contributed by atoms with Crippen LogP contribution in [0.15, 0.2) is 33.3 Å². The van der Waals surface area contributed by atoms with Crippen LogP contribution in [0.5, 0.6) is 0 Å². The second-order valence-corrected chi connectivity index (χ2v) is 6.11. The summed E-state index contributed by atoms with van der Waals surface area (Å²) in [5, 5.41) is 26.5. The summed E-state index contributed by atoms with van der Waals surface area (Å²) in [7, 11) is 0. The number of benzene rings is 1. The highest BCUT2D eigenvalue weighted by atomic mass is 79.9. The van der Waals surface area contributed by atoms with Gasteiger partial charge >= 0.3 is 0 Å². The van der Waals surface area contributed by atoms with Crippen LogP contribution in [0.1, 0.15) is 11.5 Å². The molecule has 0 saturated heterocycles. The number of rotatable bonds is 1. The van der Waals surface area contributed by atoms with Crippen molar-refractivity contribution in [2.24, 2.45) is 11.7 Å². The Balaban J connectivity index is 2.69. The SMILES string of the molecule is N#CC1=C(N)SC(=N)[C@H](C#N)[C@@H]1c1cc(Br)ccc1F. The molecule has 1 aliphatic rings. The summed E-state index contributed by atoms with van der Waals surface area (Å²) in [6.45, 7) is 0. The van der Waals surface area contributed by atoms with Gasteiger partial charge in [0.25, 0.3) is 0 Å². The Bertz CT molecular complexity index is 701. The van der Waals surface area contributed by atoms with E-state index in [1.54, 1.807) is 0 Å². The van der Waals surface area contributed by atoms with Crippen LogP contribution in [0, 0.1) is 39.8 Å². The summed E-state index contributed by atoms with van der Waals surface area (Å²) < 4.78 is 14.7. The number of hydrogen-bond donors (Lipinski definition) is 2. The molecule has 1 aromatic rings. The monoisotopic (exact) mass is 350 g/mol. The number of nitriles is 2. The smallest absolute Gasteiger partial charge is 0.127 e. The lowest BCUT2D eigenvalue weighted by Crippen LogP contribution is -2.27. The van der Waals surface area contributed by atoms with Crippen LogP contribution >= 0.6 is 27.7 Å². The van der Waals surface area contributed by atoms with E-state index in [9.17, 15) is 14.9 Å². The summed E-state index contributed by atoms with van der Waals surface area (Å²) in [6.07, 6.45) is 0. The van der Waals surface area contributed by atoms with Crippen molar-refractivity contribution in [3.63, 3.8) is 0 Å². The van der Waals surface area contributed by atoms with Crippen molar-refractivity contribution in [2.75, 3.05) is 0 Å². The molecule has 20 heavy (non-hydrogen) atoms. The van der Waals surface area contributed by atoms with E-state index in [2.05, 4.69) is 15.9 Å². The summed E-state index contributed by atoms with van der Waals surface area (Å²) >= 11 is 4.11. The molecular weight excluding hydrogens is 343 g/mol. The normalized spacial score (nSPS) is 22.3. The molecule has 2 atom stereocenters. The van der Waals surface area contributed by atoms with Crippen molar-refractivity contribution >= 4 is 32.7 Å². The number of nitrogens with one attached hydrogen (secondary N) is 1. The fraction of sp³-hybridized carbons (Fsp3) is 0.154. The van der Waals surface area contributed by atoms with Crippen LogP contribution in [0.2, 0.25) is 0 Å². The Morgan fingerprint density at radius 3 is 2.70 bits per heavy atom. The Morgan fingerprint density at radius 2 is 2.10 bits per heavy atom. The lowest BCUT2D eigenvalue weighted by Gasteiger charge is -2.28. The van der Waals surface area contributed by atoms with E-state index < -0.39 is 17.7 Å². The van der Waals surface area contributed by atoms with Gasteiger partial charge in [-0.25, -0.2) is 4.39 Å². The minimum absolute atomic E-state index is 0.0216. The van der Waals surface area contributed by atoms with Gasteiger partial charge in [0.15, 0.2) is 0 Å². The van der Waals surface area contributed by atoms with Crippen LogP contribution in [0.4, 0.5) is 4.39 Å². The van der Waals surface area contributed by atoms with E-state index in [-0.39, 0.29) is 21.2 Å². The Morgan fingerprint density at radius 1 is 1.40 bits per heavy atom. The van der Waals surface area contributed by atoms with Crippen molar-refractivity contribution in [1.82, 2.24) is 0 Å². The van der Waals surface area contributed by atoms with Gasteiger partial charge in [0, 0.05) is 10.4 Å². The molecule has 0 spiro atoms. The summed E-state index contributed by atoms with van der Waals surface area (Å²) in [6, 6.07) is 8.20. The molecule has 4 nitrogen and oxygen atoms in total. The van der Waals surface area contributed by atoms with E-state index >= 15 is 0 Å². The third kappa shape index (κ3) is 2.43. The second kappa shape index (κ2) is 5.66. The zero-order chi connectivity index (χ0) is 14.9. The molecule has 0 fully saturated rings. The Labute approximate surface area is 127 Å². The van der Waals surface area contributed by atoms with E-state index in [0.717, 1.165) is 11.8 Å². The highest BCUT2D eigenvalue weighted by molar-refractivity contribution is 9.10. The minimum Gasteiger partial charge on any atom is -0.392 e. The lowest BCUT2D eigenvalue weighted by atomic mass is 9.81. The quantitative estimate of drug-likeness (QED) is 0.812. The van der Waals surface area contributed by atoms with E-state index in [1.165, 1.54) is 18.2 Å². The average molecular weight is 351 g/mol. The molecule has 0 bridgehead atoms. The first-order valence-corrected chi connectivity index (χ1v) is 7.11. The van der Waals surface area contributed by atoms with Crippen molar-refractivity contribution in [3.05, 3.63) is 44.7 Å². The standard InChI is InChI=1S/C13H8BrFN4S/c14-6-1-2-10(15)7(3-6)11-8(4-16)12(18)20-13(19)9(11)5-17/h1-3,8,11,18H,19H2/t8-,11+/m1/s1. The van der Waals surface area contributed by atoms with Gasteiger partial charge in [0.05, 0.1) is 27.8 Å². The largest absolute Gasteiger partial charge is 0.392 e. The fourth-order valence-electron chi connectivity index (χ4n) is 2.05. The van der Waals surface area contributed by atoms with Gasteiger partial charge in [-0.15, -0.1) is 0 Å². The highest BCUT2D eigenvalue weighted by Crippen LogP contribution is 2.43. The Hall–Kier alpha value is -1.83. The Kier molecular flexibility index (Phi) is 4.12. The van der Waals surface area contributed by atoms with Gasteiger partial charge in [-0.1, -0.05) is 27.7 Å². The molecule has 1 heterocycles. The van der Waals surface area contributed by atoms with Gasteiger partial charge in [-0.05, 0) is 23.8 Å². The molecule has 3 N–H and O–H groups in total. The molecule has 0 aromatic heterocycles. The van der Waals surface area contributed by atoms with Crippen LogP contribution in [0.25, 0.3) is 0 Å². The van der Waals surface area contributed by atoms with Gasteiger partial charge in [-0.3, -0.25) is 5.41 Å². The maximum absolute atomic E-state index is 14.0. The molecule has 7 heteroatoms. The molecule has 0 amide bonds. The third-order valence-corrected chi connectivity index (χ3v) is 4.37. The predicted octanol–water partition coefficient (Wildman–Crippen LogP) is 3.23. The predicted molar refractivity (Wildman–Crippen MR) is 78.1 cm³/mol. The molecule has 0 radical (unpaired) electrons. The number of halogens is 2. The molecular formula is C13H8BrFN4S. The van der Waals surface area contributed by atoms with E-state index in [0.29, 0.717) is 4.47 Å².